The van der Waals surface area contributed by atoms with E-state index in [2.05, 4.69) is 121 Å². The Bertz CT molecular complexity index is 1030. The Kier molecular flexibility index (Phi) is 7.65. The Morgan fingerprint density at radius 2 is 0.639 bits per heavy atom. The molecule has 0 radical (unpaired) electrons. The summed E-state index contributed by atoms with van der Waals surface area (Å²) in [6.07, 6.45) is 8.39. The Balaban J connectivity index is 1.38. The minimum absolute atomic E-state index is 0.347. The first-order chi connectivity index (χ1) is 17.9. The lowest BCUT2D eigenvalue weighted by molar-refractivity contribution is 0.358. The summed E-state index contributed by atoms with van der Waals surface area (Å²) in [5, 5.41) is 6.27. The molecule has 1 unspecified atom stereocenters. The molecule has 2 heteroatoms. The van der Waals surface area contributed by atoms with E-state index in [1.54, 1.807) is 21.2 Å². The van der Waals surface area contributed by atoms with Crippen LogP contribution in [-0.4, -0.2) is 11.3 Å². The van der Waals surface area contributed by atoms with Crippen molar-refractivity contribution in [1.82, 2.24) is 0 Å². The molecule has 36 heavy (non-hydrogen) atoms. The lowest BCUT2D eigenvalue weighted by Gasteiger charge is -2.38. The topological polar surface area (TPSA) is 0 Å². The van der Waals surface area contributed by atoms with Crippen LogP contribution in [0, 0.1) is 11.8 Å². The largest absolute Gasteiger partial charge is 0.0622 e. The van der Waals surface area contributed by atoms with Crippen LogP contribution >= 0.6 is 15.8 Å². The van der Waals surface area contributed by atoms with E-state index in [1.165, 1.54) is 38.5 Å². The van der Waals surface area contributed by atoms with Crippen molar-refractivity contribution in [3.05, 3.63) is 121 Å². The fourth-order valence-electron chi connectivity index (χ4n) is 7.00. The molecule has 2 fully saturated rings. The summed E-state index contributed by atoms with van der Waals surface area (Å²) in [4.78, 5) is 0. The van der Waals surface area contributed by atoms with Crippen molar-refractivity contribution < 1.29 is 0 Å². The molecule has 0 spiro atoms. The second-order valence-corrected chi connectivity index (χ2v) is 15.3. The zero-order valence-corrected chi connectivity index (χ0v) is 22.8. The van der Waals surface area contributed by atoms with Gasteiger partial charge in [0, 0.05) is 0 Å². The highest BCUT2D eigenvalue weighted by atomic mass is 31.1. The van der Waals surface area contributed by atoms with Gasteiger partial charge < -0.3 is 0 Å². The molecule has 0 nitrogen and oxygen atoms in total. The highest BCUT2D eigenvalue weighted by molar-refractivity contribution is 7.74. The summed E-state index contributed by atoms with van der Waals surface area (Å²) in [5.74, 6) is 1.67. The molecule has 2 saturated carbocycles. The van der Waals surface area contributed by atoms with Crippen molar-refractivity contribution in [3.63, 3.8) is 0 Å². The van der Waals surface area contributed by atoms with Gasteiger partial charge in [-0.25, -0.2) is 0 Å². The second kappa shape index (κ2) is 11.4. The summed E-state index contributed by atoms with van der Waals surface area (Å²) in [6.45, 7) is 0. The van der Waals surface area contributed by atoms with E-state index in [-0.39, 0.29) is 15.8 Å². The van der Waals surface area contributed by atoms with Gasteiger partial charge in [-0.3, -0.25) is 0 Å². The smallest absolute Gasteiger partial charge is 0.00976 e. The normalized spacial score (nSPS) is 23.9. The number of rotatable bonds is 7. The molecule has 0 aliphatic heterocycles. The van der Waals surface area contributed by atoms with Gasteiger partial charge in [-0.2, -0.15) is 0 Å². The summed E-state index contributed by atoms with van der Waals surface area (Å²) in [5.41, 5.74) is 1.58. The molecule has 2 aliphatic rings. The molecule has 4 aromatic rings. The minimum Gasteiger partial charge on any atom is -0.0622 e. The van der Waals surface area contributed by atoms with Crippen LogP contribution in [0.3, 0.4) is 0 Å². The molecule has 0 aromatic heterocycles. The van der Waals surface area contributed by atoms with Gasteiger partial charge in [-0.05, 0) is 85.9 Å². The monoisotopic (exact) mass is 506 g/mol. The van der Waals surface area contributed by atoms with Crippen LogP contribution in [0.5, 0.6) is 0 Å². The standard InChI is InChI=1S/C34H36P2/c1-5-15-27(16-6-1)35(28-17-7-2-8-18-28)33-25-13-23-31(33)32-24-14-26-34(32)36(29-19-9-3-10-20-29)30-21-11-4-12-22-30/h1-12,15-22,31-34H,13-14,23-26H2/t31-,32-,33-,34?/m0/s1. The summed E-state index contributed by atoms with van der Waals surface area (Å²) in [6, 6.07) is 45.9. The fraction of sp³-hybridized carbons (Fsp3) is 0.294. The van der Waals surface area contributed by atoms with Crippen molar-refractivity contribution in [2.24, 2.45) is 11.8 Å². The Hall–Kier alpha value is -2.26. The Morgan fingerprint density at radius 1 is 0.361 bits per heavy atom. The molecule has 0 N–H and O–H groups in total. The van der Waals surface area contributed by atoms with Crippen molar-refractivity contribution >= 4 is 37.1 Å². The third-order valence-electron chi connectivity index (χ3n) is 8.41. The van der Waals surface area contributed by atoms with Gasteiger partial charge in [-0.1, -0.05) is 134 Å². The molecule has 2 aliphatic carbocycles. The van der Waals surface area contributed by atoms with Gasteiger partial charge in [-0.15, -0.1) is 0 Å². The van der Waals surface area contributed by atoms with Crippen LogP contribution < -0.4 is 21.2 Å². The van der Waals surface area contributed by atoms with Gasteiger partial charge in [0.1, 0.15) is 0 Å². The second-order valence-electron chi connectivity index (χ2n) is 10.4. The fourth-order valence-corrected chi connectivity index (χ4v) is 13.5. The minimum atomic E-state index is -0.347. The summed E-state index contributed by atoms with van der Waals surface area (Å²) < 4.78 is 0. The van der Waals surface area contributed by atoms with Crippen LogP contribution in [0.25, 0.3) is 0 Å². The highest BCUT2D eigenvalue weighted by Crippen LogP contribution is 2.59. The summed E-state index contributed by atoms with van der Waals surface area (Å²) in [7, 11) is -0.694. The molecule has 0 bridgehead atoms. The van der Waals surface area contributed by atoms with Crippen LogP contribution in [0.2, 0.25) is 0 Å². The zero-order valence-electron chi connectivity index (χ0n) is 21.0. The van der Waals surface area contributed by atoms with E-state index in [0.717, 1.165) is 23.2 Å². The van der Waals surface area contributed by atoms with E-state index < -0.39 is 0 Å². The number of benzene rings is 4. The van der Waals surface area contributed by atoms with Gasteiger partial charge >= 0.3 is 0 Å². The van der Waals surface area contributed by atoms with Crippen LogP contribution in [-0.2, 0) is 0 Å². The molecular weight excluding hydrogens is 470 g/mol. The van der Waals surface area contributed by atoms with Gasteiger partial charge in [0.2, 0.25) is 0 Å². The quantitative estimate of drug-likeness (QED) is 0.227. The van der Waals surface area contributed by atoms with Crippen LogP contribution in [0.1, 0.15) is 38.5 Å². The predicted octanol–water partition coefficient (Wildman–Crippen LogP) is 7.59. The number of hydrogen-bond donors (Lipinski definition) is 0. The third kappa shape index (κ3) is 4.96. The van der Waals surface area contributed by atoms with E-state index in [0.29, 0.717) is 0 Å². The SMILES string of the molecule is c1ccc(P(c2ccccc2)C2CCC[C@H]2[C@@H]2CCC[C@@H]2P(c2ccccc2)c2ccccc2)cc1. The van der Waals surface area contributed by atoms with Crippen molar-refractivity contribution in [2.75, 3.05) is 0 Å². The average Bonchev–Trinajstić information content (AvgIpc) is 3.62. The van der Waals surface area contributed by atoms with Gasteiger partial charge in [0.15, 0.2) is 0 Å². The number of hydrogen-bond acceptors (Lipinski definition) is 0. The van der Waals surface area contributed by atoms with E-state index >= 15 is 0 Å². The van der Waals surface area contributed by atoms with Gasteiger partial charge in [0.05, 0.1) is 0 Å². The first-order valence-electron chi connectivity index (χ1n) is 13.7. The molecular formula is C34H36P2. The van der Waals surface area contributed by atoms with E-state index in [4.69, 9.17) is 0 Å². The van der Waals surface area contributed by atoms with E-state index in [9.17, 15) is 0 Å². The third-order valence-corrected chi connectivity index (χ3v) is 14.4. The maximum absolute atomic E-state index is 2.40. The zero-order chi connectivity index (χ0) is 24.2. The predicted molar refractivity (Wildman–Crippen MR) is 160 cm³/mol. The van der Waals surface area contributed by atoms with Crippen molar-refractivity contribution in [2.45, 2.75) is 49.8 Å². The lowest BCUT2D eigenvalue weighted by Crippen LogP contribution is -2.34. The first-order valence-corrected chi connectivity index (χ1v) is 16.5. The lowest BCUT2D eigenvalue weighted by atomic mass is 9.89. The molecule has 6 rings (SSSR count). The van der Waals surface area contributed by atoms with Crippen molar-refractivity contribution in [1.29, 1.82) is 0 Å². The van der Waals surface area contributed by atoms with Crippen molar-refractivity contribution in [3.8, 4) is 0 Å². The molecule has 0 saturated heterocycles. The Labute approximate surface area is 219 Å². The molecule has 4 aromatic carbocycles. The maximum atomic E-state index is 2.40. The molecule has 182 valence electrons. The maximum Gasteiger partial charge on any atom is -0.00976 e. The molecule has 0 heterocycles. The Morgan fingerprint density at radius 3 is 0.917 bits per heavy atom. The van der Waals surface area contributed by atoms with Crippen LogP contribution in [0.4, 0.5) is 0 Å². The molecule has 0 amide bonds. The summed E-state index contributed by atoms with van der Waals surface area (Å²) >= 11 is 0. The average molecular weight is 507 g/mol. The molecule has 4 atom stereocenters. The van der Waals surface area contributed by atoms with E-state index in [1.807, 2.05) is 0 Å². The highest BCUT2D eigenvalue weighted by Gasteiger charge is 2.46. The first kappa shape index (κ1) is 24.1. The van der Waals surface area contributed by atoms with Crippen LogP contribution in [0.15, 0.2) is 121 Å². The van der Waals surface area contributed by atoms with Gasteiger partial charge in [0.25, 0.3) is 0 Å².